The van der Waals surface area contributed by atoms with Gasteiger partial charge in [0.2, 0.25) is 5.91 Å². The Balaban J connectivity index is 1.98. The molecule has 13 heteroatoms. The average Bonchev–Trinajstić information content (AvgIpc) is 3.14. The van der Waals surface area contributed by atoms with Crippen molar-refractivity contribution in [1.82, 2.24) is 9.88 Å². The molecular formula is C42H61N3O10. The lowest BCUT2D eigenvalue weighted by Gasteiger charge is -2.47. The van der Waals surface area contributed by atoms with E-state index in [1.807, 2.05) is 52.8 Å². The molecule has 2 bridgehead atoms. The number of Topliss-reactive ketones (excluding diaryl/α,β-unsaturated/α-hetero) is 1. The Morgan fingerprint density at radius 2 is 1.84 bits per heavy atom. The first-order chi connectivity index (χ1) is 25.8. The van der Waals surface area contributed by atoms with Crippen molar-refractivity contribution in [2.24, 2.45) is 28.7 Å². The molecule has 1 aromatic rings. The summed E-state index contributed by atoms with van der Waals surface area (Å²) in [5, 5.41) is 24.0. The average molecular weight is 768 g/mol. The molecule has 304 valence electrons. The Morgan fingerprint density at radius 3 is 2.45 bits per heavy atom. The van der Waals surface area contributed by atoms with Crippen LogP contribution in [0.25, 0.3) is 0 Å². The zero-order valence-electron chi connectivity index (χ0n) is 34.3. The second kappa shape index (κ2) is 18.7. The molecule has 3 aliphatic rings. The van der Waals surface area contributed by atoms with Crippen LogP contribution in [0.5, 0.6) is 0 Å². The van der Waals surface area contributed by atoms with Gasteiger partial charge < -0.3 is 38.8 Å². The van der Waals surface area contributed by atoms with E-state index in [2.05, 4.69) is 21.8 Å². The zero-order chi connectivity index (χ0) is 40.8. The van der Waals surface area contributed by atoms with E-state index in [9.17, 15) is 24.6 Å². The molecule has 13 nitrogen and oxygen atoms in total. The molecule has 2 N–H and O–H groups in total. The van der Waals surface area contributed by atoms with Crippen molar-refractivity contribution in [3.8, 4) is 11.8 Å². The first-order valence-electron chi connectivity index (χ1n) is 19.4. The molecule has 4 rings (SSSR count). The van der Waals surface area contributed by atoms with Gasteiger partial charge in [0.05, 0.1) is 37.1 Å². The monoisotopic (exact) mass is 767 g/mol. The third-order valence-electron chi connectivity index (χ3n) is 11.3. The number of fused-ring (bicyclic) bond motifs is 5. The van der Waals surface area contributed by atoms with Crippen LogP contribution in [0.4, 0.5) is 0 Å². The quantitative estimate of drug-likeness (QED) is 0.258. The van der Waals surface area contributed by atoms with Crippen molar-refractivity contribution < 1.29 is 48.3 Å². The summed E-state index contributed by atoms with van der Waals surface area (Å²) in [4.78, 5) is 51.7. The van der Waals surface area contributed by atoms with E-state index in [1.54, 1.807) is 45.2 Å². The lowest BCUT2D eigenvalue weighted by molar-refractivity contribution is -0.296. The third-order valence-corrected chi connectivity index (χ3v) is 11.3. The first kappa shape index (κ1) is 44.4. The van der Waals surface area contributed by atoms with Crippen LogP contribution in [0.3, 0.4) is 0 Å². The number of cyclic esters (lactones) is 1. The number of aliphatic hydroxyl groups is 2. The summed E-state index contributed by atoms with van der Waals surface area (Å²) in [7, 11) is 3.75. The van der Waals surface area contributed by atoms with Gasteiger partial charge in [-0.05, 0) is 96.7 Å². The molecule has 4 heterocycles. The summed E-state index contributed by atoms with van der Waals surface area (Å²) >= 11 is 0. The van der Waals surface area contributed by atoms with Gasteiger partial charge >= 0.3 is 5.97 Å². The minimum atomic E-state index is -1.80. The largest absolute Gasteiger partial charge is 0.459 e. The Labute approximate surface area is 326 Å². The maximum Gasteiger partial charge on any atom is 0.316 e. The van der Waals surface area contributed by atoms with Gasteiger partial charge in [-0.2, -0.15) is 0 Å². The summed E-state index contributed by atoms with van der Waals surface area (Å²) < 4.78 is 32.5. The minimum Gasteiger partial charge on any atom is -0.459 e. The number of hydrogen-bond donors (Lipinski definition) is 2. The lowest BCUT2D eigenvalue weighted by atomic mass is 9.73. The summed E-state index contributed by atoms with van der Waals surface area (Å²) in [6, 6.07) is 5.13. The van der Waals surface area contributed by atoms with Crippen molar-refractivity contribution in [3.63, 3.8) is 0 Å². The Morgan fingerprint density at radius 1 is 1.13 bits per heavy atom. The molecule has 3 saturated heterocycles. The normalized spacial score (nSPS) is 39.7. The number of aliphatic hydroxyl groups excluding tert-OH is 1. The van der Waals surface area contributed by atoms with Gasteiger partial charge in [0.15, 0.2) is 12.1 Å². The number of hydrogen-bond acceptors (Lipinski definition) is 12. The number of aliphatic imine (C=N–C) groups is 1. The molecule has 0 spiro atoms. The summed E-state index contributed by atoms with van der Waals surface area (Å²) in [6.45, 7) is 15.2. The van der Waals surface area contributed by atoms with Crippen molar-refractivity contribution in [1.29, 1.82) is 0 Å². The van der Waals surface area contributed by atoms with Crippen LogP contribution in [0.1, 0.15) is 87.3 Å². The van der Waals surface area contributed by atoms with Crippen LogP contribution in [-0.4, -0.2) is 125 Å². The SMILES string of the molecule is CC[C@H]1OC(=O)[C@H](C)C(=O)[C@H](C)C(O[C@@H]2O[C@H](C)C[C@H](N(C)C)C2O)[C@@]2(C)CC(C)C(=NC(C)=O)C(C)C(OC/C(=C/C#Cc3ccccn3)CO2)[C@]1(C)O. The van der Waals surface area contributed by atoms with Crippen LogP contribution < -0.4 is 0 Å². The number of ketones is 1. The molecule has 1 amide bonds. The lowest BCUT2D eigenvalue weighted by Crippen LogP contribution is -2.60. The topological polar surface area (TPSA) is 166 Å². The standard InChI is InChI=1S/C42H61N3O10/c1-12-33-42(9,50)38-26(4)34(44-29(7)46)24(2)21-41(8,52-23-30(22-51-38)16-15-18-31-17-13-14-19-43-31)37(27(5)35(47)28(6)39(49)54-33)55-40-36(48)32(45(10)11)20-25(3)53-40/h13-14,16-17,19,24-28,32-33,36-38,40,48,50H,12,20-23H2,1-11H3/b30-16-,44-34?/t24?,25-,26?,27+,28-,32+,33-,36?,37?,38?,40+,41-,42-/m1/s1. The van der Waals surface area contributed by atoms with Crippen LogP contribution in [0.2, 0.25) is 0 Å². The summed E-state index contributed by atoms with van der Waals surface area (Å²) in [5.74, 6) is 0.971. The van der Waals surface area contributed by atoms with E-state index < -0.39 is 83.2 Å². The van der Waals surface area contributed by atoms with Gasteiger partial charge in [0, 0.05) is 36.7 Å². The van der Waals surface area contributed by atoms with Gasteiger partial charge in [0.1, 0.15) is 29.4 Å². The van der Waals surface area contributed by atoms with E-state index >= 15 is 0 Å². The van der Waals surface area contributed by atoms with Crippen LogP contribution in [0, 0.1) is 35.5 Å². The predicted molar refractivity (Wildman–Crippen MR) is 206 cm³/mol. The number of esters is 1. The minimum absolute atomic E-state index is 0.0314. The third kappa shape index (κ3) is 10.5. The second-order valence-electron chi connectivity index (χ2n) is 16.2. The van der Waals surface area contributed by atoms with Crippen molar-refractivity contribution in [2.45, 2.75) is 136 Å². The van der Waals surface area contributed by atoms with E-state index in [1.165, 1.54) is 13.8 Å². The zero-order valence-corrected chi connectivity index (χ0v) is 34.3. The number of amides is 1. The molecular weight excluding hydrogens is 706 g/mol. The number of rotatable bonds is 4. The predicted octanol–water partition coefficient (Wildman–Crippen LogP) is 3.92. The summed E-state index contributed by atoms with van der Waals surface area (Å²) in [5.41, 5.74) is -1.53. The van der Waals surface area contributed by atoms with Gasteiger partial charge in [-0.25, -0.2) is 9.98 Å². The molecule has 0 aliphatic carbocycles. The molecule has 1 aromatic heterocycles. The fraction of sp³-hybridized carbons (Fsp3) is 0.690. The number of nitrogens with zero attached hydrogens (tertiary/aromatic N) is 3. The van der Waals surface area contributed by atoms with Crippen LogP contribution >= 0.6 is 0 Å². The van der Waals surface area contributed by atoms with Gasteiger partial charge in [-0.15, -0.1) is 0 Å². The van der Waals surface area contributed by atoms with Crippen molar-refractivity contribution in [2.75, 3.05) is 27.3 Å². The maximum absolute atomic E-state index is 14.4. The van der Waals surface area contributed by atoms with Gasteiger partial charge in [0.25, 0.3) is 0 Å². The van der Waals surface area contributed by atoms with Gasteiger partial charge in [-0.3, -0.25) is 14.4 Å². The highest BCUT2D eigenvalue weighted by atomic mass is 16.7. The molecule has 0 aromatic carbocycles. The Bertz CT molecular complexity index is 1630. The number of ether oxygens (including phenoxy) is 5. The van der Waals surface area contributed by atoms with Gasteiger partial charge in [-0.1, -0.05) is 39.7 Å². The fourth-order valence-corrected chi connectivity index (χ4v) is 8.31. The Kier molecular flexibility index (Phi) is 15.1. The van der Waals surface area contributed by atoms with E-state index in [0.717, 1.165) is 0 Å². The highest BCUT2D eigenvalue weighted by Gasteiger charge is 2.53. The number of aromatic nitrogens is 1. The number of carbonyl (C=O) groups excluding carboxylic acids is 3. The fourth-order valence-electron chi connectivity index (χ4n) is 8.31. The molecule has 55 heavy (non-hydrogen) atoms. The van der Waals surface area contributed by atoms with Crippen LogP contribution in [-0.2, 0) is 38.1 Å². The first-order valence-corrected chi connectivity index (χ1v) is 19.4. The van der Waals surface area contributed by atoms with Crippen molar-refractivity contribution in [3.05, 3.63) is 41.7 Å². The number of allylic oxidation sites excluding steroid dienone is 1. The summed E-state index contributed by atoms with van der Waals surface area (Å²) in [6.07, 6.45) is -1.49. The number of pyridine rings is 1. The van der Waals surface area contributed by atoms with E-state index in [-0.39, 0.29) is 38.2 Å². The molecule has 3 fully saturated rings. The second-order valence-corrected chi connectivity index (χ2v) is 16.2. The number of likely N-dealkylation sites (N-methyl/N-ethyl adjacent to an activating group) is 1. The number of carbonyl (C=O) groups is 3. The Hall–Kier alpha value is -3.35. The van der Waals surface area contributed by atoms with E-state index in [4.69, 9.17) is 23.7 Å². The molecule has 0 radical (unpaired) electrons. The van der Waals surface area contributed by atoms with Crippen LogP contribution in [0.15, 0.2) is 41.0 Å². The highest BCUT2D eigenvalue weighted by Crippen LogP contribution is 2.40. The molecule has 0 saturated carbocycles. The maximum atomic E-state index is 14.4. The van der Waals surface area contributed by atoms with E-state index in [0.29, 0.717) is 23.4 Å². The smallest absolute Gasteiger partial charge is 0.316 e. The van der Waals surface area contributed by atoms with Crippen molar-refractivity contribution >= 4 is 23.4 Å². The molecule has 5 unspecified atom stereocenters. The molecule has 13 atom stereocenters. The molecule has 3 aliphatic heterocycles. The highest BCUT2D eigenvalue weighted by molar-refractivity contribution is 6.00.